The molecule has 0 radical (unpaired) electrons. The van der Waals surface area contributed by atoms with Gasteiger partial charge in [-0.25, -0.2) is 0 Å². The Hall–Kier alpha value is -2.11. The second-order valence-corrected chi connectivity index (χ2v) is 6.78. The number of hydrogen-bond donors (Lipinski definition) is 3. The van der Waals surface area contributed by atoms with Crippen LogP contribution >= 0.6 is 23.8 Å². The fourth-order valence-electron chi connectivity index (χ4n) is 2.57. The Morgan fingerprint density at radius 2 is 1.75 bits per heavy atom. The highest BCUT2D eigenvalue weighted by atomic mass is 35.5. The van der Waals surface area contributed by atoms with Crippen LogP contribution in [0.15, 0.2) is 48.5 Å². The van der Waals surface area contributed by atoms with Crippen LogP contribution in [0.5, 0.6) is 0 Å². The number of benzene rings is 2. The number of carbonyl (C=O) groups is 1. The van der Waals surface area contributed by atoms with Crippen molar-refractivity contribution in [3.05, 3.63) is 64.7 Å². The highest BCUT2D eigenvalue weighted by molar-refractivity contribution is 7.80. The average Bonchev–Trinajstić information content (AvgIpc) is 3.36. The summed E-state index contributed by atoms with van der Waals surface area (Å²) >= 11 is 11.1. The van der Waals surface area contributed by atoms with E-state index in [-0.39, 0.29) is 17.7 Å². The van der Waals surface area contributed by atoms with Gasteiger partial charge in [0.15, 0.2) is 5.11 Å². The number of carbonyl (C=O) groups excluding carboxylic acids is 1. The lowest BCUT2D eigenvalue weighted by Crippen LogP contribution is -2.44. The van der Waals surface area contributed by atoms with Crippen molar-refractivity contribution in [1.82, 2.24) is 10.9 Å². The molecule has 2 aromatic rings. The molecule has 0 bridgehead atoms. The summed E-state index contributed by atoms with van der Waals surface area (Å²) in [5.74, 6) is 0.173. The van der Waals surface area contributed by atoms with Gasteiger partial charge in [-0.1, -0.05) is 41.4 Å². The molecule has 1 aliphatic carbocycles. The summed E-state index contributed by atoms with van der Waals surface area (Å²) < 4.78 is 0. The second kappa shape index (κ2) is 7.20. The lowest BCUT2D eigenvalue weighted by Gasteiger charge is -2.11. The van der Waals surface area contributed by atoms with Crippen LogP contribution in [-0.2, 0) is 4.79 Å². The van der Waals surface area contributed by atoms with Gasteiger partial charge < -0.3 is 5.32 Å². The van der Waals surface area contributed by atoms with E-state index in [0.29, 0.717) is 10.1 Å². The molecule has 3 N–H and O–H groups in total. The minimum absolute atomic E-state index is 0.0270. The van der Waals surface area contributed by atoms with Crippen molar-refractivity contribution >= 4 is 40.5 Å². The Labute approximate surface area is 151 Å². The molecule has 4 nitrogen and oxygen atoms in total. The summed E-state index contributed by atoms with van der Waals surface area (Å²) in [7, 11) is 0. The first-order chi connectivity index (χ1) is 11.5. The zero-order chi connectivity index (χ0) is 17.1. The largest absolute Gasteiger partial charge is 0.331 e. The second-order valence-electron chi connectivity index (χ2n) is 5.93. The summed E-state index contributed by atoms with van der Waals surface area (Å²) in [5, 5.41) is 4.08. The maximum Gasteiger partial charge on any atom is 0.242 e. The summed E-state index contributed by atoms with van der Waals surface area (Å²) in [6.07, 6.45) is 0.841. The lowest BCUT2D eigenvalue weighted by atomic mass is 10.1. The summed E-state index contributed by atoms with van der Waals surface area (Å²) in [4.78, 5) is 12.2. The third-order valence-electron chi connectivity index (χ3n) is 4.03. The molecular weight excluding hydrogens is 342 g/mol. The monoisotopic (exact) mass is 359 g/mol. The Balaban J connectivity index is 1.45. The number of thiocarbonyl (C=S) groups is 1. The van der Waals surface area contributed by atoms with Crippen molar-refractivity contribution in [2.75, 3.05) is 5.32 Å². The average molecular weight is 360 g/mol. The van der Waals surface area contributed by atoms with Gasteiger partial charge in [0.1, 0.15) is 0 Å². The molecule has 0 aromatic heterocycles. The van der Waals surface area contributed by atoms with Crippen LogP contribution in [-0.4, -0.2) is 11.0 Å². The van der Waals surface area contributed by atoms with Crippen molar-refractivity contribution in [3.63, 3.8) is 0 Å². The van der Waals surface area contributed by atoms with Crippen LogP contribution < -0.4 is 16.2 Å². The smallest absolute Gasteiger partial charge is 0.242 e. The third-order valence-corrected chi connectivity index (χ3v) is 4.49. The molecule has 0 saturated heterocycles. The molecule has 1 aliphatic rings. The Bertz CT molecular complexity index is 746. The van der Waals surface area contributed by atoms with Gasteiger partial charge in [-0.05, 0) is 61.3 Å². The van der Waals surface area contributed by atoms with Gasteiger partial charge in [-0.15, -0.1) is 0 Å². The van der Waals surface area contributed by atoms with E-state index < -0.39 is 0 Å². The number of aryl methyl sites for hydroxylation is 1. The summed E-state index contributed by atoms with van der Waals surface area (Å²) in [6.45, 7) is 2.02. The van der Waals surface area contributed by atoms with Gasteiger partial charge in [0.05, 0.1) is 0 Å². The van der Waals surface area contributed by atoms with E-state index >= 15 is 0 Å². The highest BCUT2D eigenvalue weighted by Crippen LogP contribution is 2.47. The summed E-state index contributed by atoms with van der Waals surface area (Å²) in [5.41, 5.74) is 8.60. The SMILES string of the molecule is Cc1ccc(NC(=S)NNC(=O)[C@H]2C[C@@H]2c2ccc(Cl)cc2)cc1. The first-order valence-corrected chi connectivity index (χ1v) is 8.50. The predicted octanol–water partition coefficient (Wildman–Crippen LogP) is 3.77. The van der Waals surface area contributed by atoms with Gasteiger partial charge in [0, 0.05) is 16.6 Å². The first kappa shape index (κ1) is 16.7. The van der Waals surface area contributed by atoms with Gasteiger partial charge in [-0.2, -0.15) is 0 Å². The van der Waals surface area contributed by atoms with E-state index in [1.165, 1.54) is 5.56 Å². The number of anilines is 1. The van der Waals surface area contributed by atoms with Crippen LogP contribution in [0.1, 0.15) is 23.5 Å². The van der Waals surface area contributed by atoms with Crippen molar-refractivity contribution in [3.8, 4) is 0 Å². The molecule has 2 aromatic carbocycles. The molecule has 0 unspecified atom stereocenters. The molecule has 1 amide bonds. The normalized spacial score (nSPS) is 18.6. The Kier molecular flexibility index (Phi) is 5.02. The van der Waals surface area contributed by atoms with Crippen LogP contribution in [0.4, 0.5) is 5.69 Å². The molecule has 1 fully saturated rings. The van der Waals surface area contributed by atoms with Crippen LogP contribution in [0.3, 0.4) is 0 Å². The van der Waals surface area contributed by atoms with Gasteiger partial charge in [0.25, 0.3) is 0 Å². The van der Waals surface area contributed by atoms with Crippen molar-refractivity contribution in [2.24, 2.45) is 5.92 Å². The zero-order valence-electron chi connectivity index (χ0n) is 13.2. The molecule has 3 rings (SSSR count). The van der Waals surface area contributed by atoms with Crippen molar-refractivity contribution in [1.29, 1.82) is 0 Å². The predicted molar refractivity (Wildman–Crippen MR) is 101 cm³/mol. The maximum absolute atomic E-state index is 12.2. The highest BCUT2D eigenvalue weighted by Gasteiger charge is 2.43. The van der Waals surface area contributed by atoms with E-state index in [0.717, 1.165) is 17.7 Å². The number of halogens is 1. The molecule has 1 saturated carbocycles. The molecule has 24 heavy (non-hydrogen) atoms. The van der Waals surface area contributed by atoms with E-state index in [1.807, 2.05) is 55.5 Å². The molecule has 0 heterocycles. The van der Waals surface area contributed by atoms with E-state index in [1.54, 1.807) is 0 Å². The van der Waals surface area contributed by atoms with Crippen molar-refractivity contribution < 1.29 is 4.79 Å². The molecular formula is C18H18ClN3OS. The minimum atomic E-state index is -0.0528. The molecule has 0 aliphatic heterocycles. The number of nitrogens with one attached hydrogen (secondary N) is 3. The van der Waals surface area contributed by atoms with E-state index in [4.69, 9.17) is 23.8 Å². The Morgan fingerprint density at radius 1 is 1.08 bits per heavy atom. The van der Waals surface area contributed by atoms with Crippen LogP contribution in [0, 0.1) is 12.8 Å². The van der Waals surface area contributed by atoms with Gasteiger partial charge in [0.2, 0.25) is 5.91 Å². The molecule has 6 heteroatoms. The van der Waals surface area contributed by atoms with E-state index in [2.05, 4.69) is 16.2 Å². The third kappa shape index (κ3) is 4.24. The fraction of sp³-hybridized carbons (Fsp3) is 0.222. The van der Waals surface area contributed by atoms with E-state index in [9.17, 15) is 4.79 Å². The number of hydrogen-bond acceptors (Lipinski definition) is 2. The lowest BCUT2D eigenvalue weighted by molar-refractivity contribution is -0.122. The first-order valence-electron chi connectivity index (χ1n) is 7.72. The van der Waals surface area contributed by atoms with Crippen LogP contribution in [0.2, 0.25) is 5.02 Å². The fourth-order valence-corrected chi connectivity index (χ4v) is 2.87. The zero-order valence-corrected chi connectivity index (χ0v) is 14.7. The number of rotatable bonds is 3. The van der Waals surface area contributed by atoms with Crippen molar-refractivity contribution in [2.45, 2.75) is 19.3 Å². The molecule has 124 valence electrons. The minimum Gasteiger partial charge on any atom is -0.331 e. The van der Waals surface area contributed by atoms with Gasteiger partial charge >= 0.3 is 0 Å². The number of hydrazine groups is 1. The summed E-state index contributed by atoms with van der Waals surface area (Å²) in [6, 6.07) is 15.5. The molecule has 2 atom stereocenters. The standard InChI is InChI=1S/C18H18ClN3OS/c1-11-2-8-14(9-3-11)20-18(24)22-21-17(23)16-10-15(16)12-4-6-13(19)7-5-12/h2-9,15-16H,10H2,1H3,(H,21,23)(H2,20,22,24)/t15-,16+/m1/s1. The molecule has 0 spiro atoms. The quantitative estimate of drug-likeness (QED) is 0.577. The number of amides is 1. The van der Waals surface area contributed by atoms with Gasteiger partial charge in [-0.3, -0.25) is 15.6 Å². The maximum atomic E-state index is 12.2. The Morgan fingerprint density at radius 3 is 2.42 bits per heavy atom. The topological polar surface area (TPSA) is 53.2 Å². The van der Waals surface area contributed by atoms with Crippen LogP contribution in [0.25, 0.3) is 0 Å².